The fourth-order valence-electron chi connectivity index (χ4n) is 7.97. The van der Waals surface area contributed by atoms with E-state index in [1.165, 1.54) is 180 Å². The molecule has 0 saturated carbocycles. The van der Waals surface area contributed by atoms with Crippen LogP contribution in [0.4, 0.5) is 0 Å². The van der Waals surface area contributed by atoms with Gasteiger partial charge in [0.25, 0.3) is 0 Å². The summed E-state index contributed by atoms with van der Waals surface area (Å²) in [5.74, 6) is 0. The molecule has 0 amide bonds. The summed E-state index contributed by atoms with van der Waals surface area (Å²) >= 11 is 0. The van der Waals surface area contributed by atoms with Crippen molar-refractivity contribution in [2.75, 3.05) is 13.2 Å². The van der Waals surface area contributed by atoms with Gasteiger partial charge in [0.2, 0.25) is 0 Å². The Morgan fingerprint density at radius 3 is 0.855 bits per heavy atom. The molecule has 323 valence electrons. The van der Waals surface area contributed by atoms with Crippen molar-refractivity contribution in [3.8, 4) is 0 Å². The van der Waals surface area contributed by atoms with Crippen LogP contribution in [0.1, 0.15) is 278 Å². The topological polar surface area (TPSA) is 35.5 Å². The van der Waals surface area contributed by atoms with Crippen molar-refractivity contribution in [2.45, 2.75) is 272 Å². The first-order valence-electron chi connectivity index (χ1n) is 24.3. The summed E-state index contributed by atoms with van der Waals surface area (Å²) in [6.07, 6.45) is 42.7. The highest BCUT2D eigenvalue weighted by Crippen LogP contribution is 2.52. The van der Waals surface area contributed by atoms with Gasteiger partial charge >= 0.3 is 7.60 Å². The first-order valence-corrected chi connectivity index (χ1v) is 25.8. The van der Waals surface area contributed by atoms with E-state index >= 15 is 4.57 Å². The van der Waals surface area contributed by atoms with Gasteiger partial charge in [0.15, 0.2) is 0 Å². The minimum absolute atomic E-state index is 0.214. The highest BCUT2D eigenvalue weighted by molar-refractivity contribution is 7.62. The molecule has 0 N–H and O–H groups in total. The van der Waals surface area contributed by atoms with Crippen LogP contribution in [-0.4, -0.2) is 13.2 Å². The maximum absolute atomic E-state index is 15.1. The standard InChI is InChI=1S/C51H96O3P/c1-10-12-14-16-18-20-22-24-26-28-30-32-34-36-38-40-42-53-55(52,49-47(50(4,5)6)44-46(3)45-48(49)51(7,8)9)54-43-41-39-37-35-33-31-29-27-25-23-21-19-17-15-13-11-2/h44-45H,3,10-43H2,1-2,4-9H3. The van der Waals surface area contributed by atoms with Crippen molar-refractivity contribution in [3.05, 3.63) is 35.7 Å². The zero-order valence-corrected chi connectivity index (χ0v) is 39.5. The fraction of sp³-hybridized carbons (Fsp3) is 0.863. The molecule has 0 fully saturated rings. The molecule has 1 radical (unpaired) electrons. The molecule has 0 unspecified atom stereocenters. The Kier molecular flexibility index (Phi) is 30.7. The van der Waals surface area contributed by atoms with Gasteiger partial charge in [-0.05, 0) is 47.3 Å². The predicted octanol–water partition coefficient (Wildman–Crippen LogP) is 17.8. The van der Waals surface area contributed by atoms with Crippen molar-refractivity contribution in [1.82, 2.24) is 0 Å². The van der Waals surface area contributed by atoms with E-state index in [0.717, 1.165) is 47.7 Å². The van der Waals surface area contributed by atoms with E-state index in [1.807, 2.05) is 0 Å². The minimum Gasteiger partial charge on any atom is -0.305 e. The number of rotatable bonds is 37. The monoisotopic (exact) mass is 788 g/mol. The lowest BCUT2D eigenvalue weighted by molar-refractivity contribution is 0.205. The second kappa shape index (κ2) is 32.2. The average molecular weight is 788 g/mol. The molecule has 0 saturated heterocycles. The van der Waals surface area contributed by atoms with E-state index < -0.39 is 7.60 Å². The Bertz CT molecular complexity index is 1000. The molecule has 0 aliphatic heterocycles. The third-order valence-electron chi connectivity index (χ3n) is 11.6. The lowest BCUT2D eigenvalue weighted by Crippen LogP contribution is -2.32. The van der Waals surface area contributed by atoms with Crippen LogP contribution < -0.4 is 5.30 Å². The molecule has 4 heteroatoms. The van der Waals surface area contributed by atoms with Crippen molar-refractivity contribution in [1.29, 1.82) is 0 Å². The zero-order valence-electron chi connectivity index (χ0n) is 38.6. The van der Waals surface area contributed by atoms with Crippen LogP contribution in [0.25, 0.3) is 0 Å². The van der Waals surface area contributed by atoms with Gasteiger partial charge in [-0.1, -0.05) is 260 Å². The van der Waals surface area contributed by atoms with E-state index in [0.29, 0.717) is 13.2 Å². The third kappa shape index (κ3) is 26.2. The van der Waals surface area contributed by atoms with E-state index in [2.05, 4.69) is 74.4 Å². The predicted molar refractivity (Wildman–Crippen MR) is 247 cm³/mol. The van der Waals surface area contributed by atoms with E-state index in [9.17, 15) is 0 Å². The van der Waals surface area contributed by atoms with Crippen molar-refractivity contribution >= 4 is 12.9 Å². The summed E-state index contributed by atoms with van der Waals surface area (Å²) < 4.78 is 28.1. The summed E-state index contributed by atoms with van der Waals surface area (Å²) in [7, 11) is -3.57. The Labute approximate surface area is 346 Å². The molecule has 0 aromatic heterocycles. The summed E-state index contributed by atoms with van der Waals surface area (Å²) in [6, 6.07) is 4.24. The first-order chi connectivity index (χ1) is 26.4. The van der Waals surface area contributed by atoms with Gasteiger partial charge < -0.3 is 9.05 Å². The van der Waals surface area contributed by atoms with Crippen LogP contribution >= 0.6 is 7.60 Å². The van der Waals surface area contributed by atoms with Gasteiger partial charge in [0, 0.05) is 0 Å². The minimum atomic E-state index is -3.57. The SMILES string of the molecule is [CH2]c1cc(C(C)(C)C)c(P(=O)(OCCCCCCCCCCCCCCCCCC)OCCCCCCCCCCCCCCCCCC)c(C(C)(C)C)c1. The van der Waals surface area contributed by atoms with Crippen molar-refractivity contribution in [3.63, 3.8) is 0 Å². The Morgan fingerprint density at radius 1 is 0.418 bits per heavy atom. The molecule has 0 aliphatic carbocycles. The van der Waals surface area contributed by atoms with Gasteiger partial charge in [-0.2, -0.15) is 0 Å². The molecule has 0 aliphatic rings. The second-order valence-electron chi connectivity index (χ2n) is 19.3. The summed E-state index contributed by atoms with van der Waals surface area (Å²) in [4.78, 5) is 0. The number of hydrogen-bond donors (Lipinski definition) is 0. The molecular formula is C51H96O3P. The molecule has 0 spiro atoms. The van der Waals surface area contributed by atoms with Gasteiger partial charge in [-0.15, -0.1) is 0 Å². The molecule has 3 nitrogen and oxygen atoms in total. The molecule has 1 aromatic carbocycles. The van der Waals surface area contributed by atoms with E-state index in [-0.39, 0.29) is 10.8 Å². The molecule has 1 rings (SSSR count). The molecule has 1 aromatic rings. The van der Waals surface area contributed by atoms with Crippen LogP contribution in [-0.2, 0) is 24.4 Å². The van der Waals surface area contributed by atoms with Gasteiger partial charge in [-0.25, -0.2) is 0 Å². The molecule has 0 heterocycles. The maximum atomic E-state index is 15.1. The van der Waals surface area contributed by atoms with E-state index in [1.54, 1.807) is 0 Å². The van der Waals surface area contributed by atoms with Gasteiger partial charge in [0.1, 0.15) is 0 Å². The smallest absolute Gasteiger partial charge is 0.305 e. The highest BCUT2D eigenvalue weighted by Gasteiger charge is 2.39. The lowest BCUT2D eigenvalue weighted by Gasteiger charge is -2.33. The average Bonchev–Trinajstić information content (AvgIpc) is 3.13. The van der Waals surface area contributed by atoms with Gasteiger partial charge in [0.05, 0.1) is 18.5 Å². The molecule has 55 heavy (non-hydrogen) atoms. The summed E-state index contributed by atoms with van der Waals surface area (Å²) in [6.45, 7) is 23.1. The first kappa shape index (κ1) is 52.4. The second-order valence-corrected chi connectivity index (χ2v) is 21.3. The Balaban J connectivity index is 2.55. The number of benzene rings is 1. The quantitative estimate of drug-likeness (QED) is 0.0498. The fourth-order valence-corrected chi connectivity index (χ4v) is 10.4. The van der Waals surface area contributed by atoms with Gasteiger partial charge in [-0.3, -0.25) is 4.57 Å². The van der Waals surface area contributed by atoms with Crippen LogP contribution in [0.3, 0.4) is 0 Å². The largest absolute Gasteiger partial charge is 0.361 e. The lowest BCUT2D eigenvalue weighted by atomic mass is 9.79. The summed E-state index contributed by atoms with van der Waals surface area (Å²) in [5.41, 5.74) is 2.63. The van der Waals surface area contributed by atoms with E-state index in [4.69, 9.17) is 9.05 Å². The van der Waals surface area contributed by atoms with Crippen molar-refractivity contribution < 1.29 is 13.6 Å². The van der Waals surface area contributed by atoms with Crippen LogP contribution in [0.5, 0.6) is 0 Å². The highest BCUT2D eigenvalue weighted by atomic mass is 31.2. The number of hydrogen-bond acceptors (Lipinski definition) is 3. The third-order valence-corrected chi connectivity index (χ3v) is 13.7. The van der Waals surface area contributed by atoms with Crippen LogP contribution in [0.15, 0.2) is 12.1 Å². The van der Waals surface area contributed by atoms with Crippen LogP contribution in [0, 0.1) is 6.92 Å². The Hall–Kier alpha value is -0.630. The normalized spacial score (nSPS) is 12.6. The zero-order chi connectivity index (χ0) is 40.7. The molecule has 0 atom stereocenters. The molecular weight excluding hydrogens is 692 g/mol. The van der Waals surface area contributed by atoms with Crippen LogP contribution in [0.2, 0.25) is 0 Å². The summed E-state index contributed by atoms with van der Waals surface area (Å²) in [5, 5.41) is 0.799. The Morgan fingerprint density at radius 2 is 0.636 bits per heavy atom. The maximum Gasteiger partial charge on any atom is 0.361 e. The van der Waals surface area contributed by atoms with Crippen molar-refractivity contribution in [2.24, 2.45) is 0 Å². The molecule has 0 bridgehead atoms. The number of unbranched alkanes of at least 4 members (excludes halogenated alkanes) is 30.